The van der Waals surface area contributed by atoms with E-state index in [0.717, 1.165) is 71.9 Å². The number of aryl methyl sites for hydroxylation is 2. The molecule has 0 fully saturated rings. The van der Waals surface area contributed by atoms with Gasteiger partial charge < -0.3 is 4.57 Å². The van der Waals surface area contributed by atoms with Crippen LogP contribution in [0.1, 0.15) is 16.7 Å². The molecule has 0 aliphatic carbocycles. The fourth-order valence-electron chi connectivity index (χ4n) is 9.81. The van der Waals surface area contributed by atoms with Crippen molar-refractivity contribution in [1.29, 1.82) is 0 Å². The van der Waals surface area contributed by atoms with Gasteiger partial charge in [-0.3, -0.25) is 0 Å². The first kappa shape index (κ1) is 44.9. The zero-order chi connectivity index (χ0) is 49.6. The molecule has 12 rings (SSSR count). The minimum Gasteiger partial charge on any atom is -0.308 e. The fourth-order valence-corrected chi connectivity index (χ4v) is 9.81. The molecule has 0 spiro atoms. The Balaban J connectivity index is 1.28. The van der Waals surface area contributed by atoms with Crippen LogP contribution in [0.25, 0.3) is 118 Å². The van der Waals surface area contributed by atoms with E-state index in [9.17, 15) is 0 Å². The van der Waals surface area contributed by atoms with E-state index in [-0.39, 0.29) is 22.6 Å². The highest BCUT2D eigenvalue weighted by atomic mass is 19.4. The first-order valence-corrected chi connectivity index (χ1v) is 24.1. The lowest BCUT2D eigenvalue weighted by Gasteiger charge is -2.22. The third kappa shape index (κ3) is 8.74. The van der Waals surface area contributed by atoms with Gasteiger partial charge in [0.15, 0.2) is 11.6 Å². The number of nitrogens with zero attached hydrogens (tertiary/aromatic N) is 5. The summed E-state index contributed by atoms with van der Waals surface area (Å²) in [5, 5.41) is 1.83. The number of halogens is 3. The average Bonchev–Trinajstić information content (AvgIpc) is 3.76. The number of rotatable bonds is 9. The summed E-state index contributed by atoms with van der Waals surface area (Å²) in [6, 6.07) is 74.1. The van der Waals surface area contributed by atoms with Crippen LogP contribution >= 0.6 is 0 Å². The lowest BCUT2D eigenvalue weighted by molar-refractivity contribution is -0.137. The molecule has 0 N–H and O–H groups in total. The van der Waals surface area contributed by atoms with E-state index in [2.05, 4.69) is 91.2 Å². The normalized spacial score (nSPS) is 11.6. The monoisotopic (exact) mass is 951 g/mol. The molecule has 8 heteroatoms. The summed E-state index contributed by atoms with van der Waals surface area (Å²) in [6.45, 7) is 4.13. The van der Waals surface area contributed by atoms with Gasteiger partial charge in [-0.25, -0.2) is 19.9 Å². The second-order valence-corrected chi connectivity index (χ2v) is 18.3. The average molecular weight is 952 g/mol. The lowest BCUT2D eigenvalue weighted by Crippen LogP contribution is -2.11. The van der Waals surface area contributed by atoms with Crippen molar-refractivity contribution in [3.05, 3.63) is 247 Å². The molecule has 0 unspecified atom stereocenters. The van der Waals surface area contributed by atoms with Crippen LogP contribution in [0.3, 0.4) is 0 Å². The molecule has 0 amide bonds. The second-order valence-electron chi connectivity index (χ2n) is 18.3. The van der Waals surface area contributed by atoms with Crippen molar-refractivity contribution in [3.63, 3.8) is 0 Å². The number of hydrogen-bond acceptors (Lipinski definition) is 4. The number of fused-ring (bicyclic) bond motifs is 3. The van der Waals surface area contributed by atoms with Gasteiger partial charge in [-0.2, -0.15) is 13.2 Å². The second kappa shape index (κ2) is 18.5. The lowest BCUT2D eigenvalue weighted by atomic mass is 9.96. The van der Waals surface area contributed by atoms with Crippen molar-refractivity contribution >= 4 is 21.8 Å². The van der Waals surface area contributed by atoms with E-state index in [1.807, 2.05) is 140 Å². The van der Waals surface area contributed by atoms with Gasteiger partial charge in [0.05, 0.1) is 45.1 Å². The summed E-state index contributed by atoms with van der Waals surface area (Å²) in [5.74, 6) is 0.476. The summed E-state index contributed by atoms with van der Waals surface area (Å²) in [4.78, 5) is 20.8. The van der Waals surface area contributed by atoms with Crippen LogP contribution in [0.4, 0.5) is 13.2 Å². The Morgan fingerprint density at radius 1 is 0.329 bits per heavy atom. The third-order valence-corrected chi connectivity index (χ3v) is 13.3. The molecule has 3 heterocycles. The Hall–Kier alpha value is -9.27. The molecule has 350 valence electrons. The molecule has 12 aromatic rings. The summed E-state index contributed by atoms with van der Waals surface area (Å²) in [5.41, 5.74) is 12.6. The predicted octanol–water partition coefficient (Wildman–Crippen LogP) is 17.3. The Morgan fingerprint density at radius 3 is 1.16 bits per heavy atom. The summed E-state index contributed by atoms with van der Waals surface area (Å²) < 4.78 is 50.1. The van der Waals surface area contributed by atoms with Gasteiger partial charge >= 0.3 is 6.18 Å². The van der Waals surface area contributed by atoms with Crippen molar-refractivity contribution in [2.45, 2.75) is 20.0 Å². The number of hydrogen-bond donors (Lipinski definition) is 0. The van der Waals surface area contributed by atoms with Crippen LogP contribution in [0.2, 0.25) is 0 Å². The molecule has 0 aliphatic rings. The van der Waals surface area contributed by atoms with Gasteiger partial charge in [0, 0.05) is 44.2 Å². The highest BCUT2D eigenvalue weighted by Crippen LogP contribution is 2.46. The first-order chi connectivity index (χ1) is 35.6. The maximum atomic E-state index is 16.0. The minimum atomic E-state index is -4.80. The number of aromatic nitrogens is 5. The highest BCUT2D eigenvalue weighted by Gasteiger charge is 2.35. The molecule has 0 atom stereocenters. The SMILES string of the molecule is Cc1cccc(-c2ccc3c4ccc(-c5cccc(C)c5)cc4n(-c4c(-c5cc(-c6ccccc6)nc(-c6ccccc6)n5)cc(C(F)(F)F)cc4-c4nc(-c5ccccc5)cc(-c5ccccc5)n4)c3c2)c1. The van der Waals surface area contributed by atoms with E-state index >= 15 is 13.2 Å². The molecule has 73 heavy (non-hydrogen) atoms. The van der Waals surface area contributed by atoms with Gasteiger partial charge in [0.25, 0.3) is 0 Å². The van der Waals surface area contributed by atoms with Crippen LogP contribution in [0.15, 0.2) is 231 Å². The maximum Gasteiger partial charge on any atom is 0.416 e. The third-order valence-electron chi connectivity index (χ3n) is 13.3. The van der Waals surface area contributed by atoms with Crippen LogP contribution < -0.4 is 0 Å². The van der Waals surface area contributed by atoms with E-state index in [1.165, 1.54) is 12.1 Å². The summed E-state index contributed by atoms with van der Waals surface area (Å²) >= 11 is 0. The van der Waals surface area contributed by atoms with E-state index in [0.29, 0.717) is 34.2 Å². The van der Waals surface area contributed by atoms with Crippen molar-refractivity contribution in [1.82, 2.24) is 24.5 Å². The molecule has 5 nitrogen and oxygen atoms in total. The molecule has 0 bridgehead atoms. The standard InChI is InChI=1S/C65H44F3N5/c1-41-17-15-27-47(33-41)49-29-31-52-53-32-30-50(48-28-16-18-42(2)34-48)36-61(53)73(60(52)35-49)62-54(59-40-58(45-23-11-5-12-24-45)69-63(72-59)46-25-13-6-14-26-46)37-51(65(66,67)68)38-55(62)64-70-56(43-19-7-3-8-20-43)39-57(71-64)44-21-9-4-10-22-44/h3-40H,1-2H3. The quantitative estimate of drug-likeness (QED) is 0.145. The van der Waals surface area contributed by atoms with Crippen LogP contribution in [0, 0.1) is 13.8 Å². The van der Waals surface area contributed by atoms with Gasteiger partial charge in [-0.15, -0.1) is 0 Å². The van der Waals surface area contributed by atoms with Gasteiger partial charge in [-0.1, -0.05) is 205 Å². The molecule has 9 aromatic carbocycles. The molecule has 0 saturated heterocycles. The maximum absolute atomic E-state index is 16.0. The summed E-state index contributed by atoms with van der Waals surface area (Å²) in [7, 11) is 0. The van der Waals surface area contributed by atoms with Crippen molar-refractivity contribution < 1.29 is 13.2 Å². The van der Waals surface area contributed by atoms with Crippen LogP contribution in [0.5, 0.6) is 0 Å². The zero-order valence-corrected chi connectivity index (χ0v) is 39.8. The highest BCUT2D eigenvalue weighted by molar-refractivity contribution is 6.12. The molecule has 0 radical (unpaired) electrons. The topological polar surface area (TPSA) is 56.5 Å². The smallest absolute Gasteiger partial charge is 0.308 e. The van der Waals surface area contributed by atoms with Crippen molar-refractivity contribution in [3.8, 4) is 95.7 Å². The van der Waals surface area contributed by atoms with Gasteiger partial charge in [0.1, 0.15) is 0 Å². The van der Waals surface area contributed by atoms with E-state index in [1.54, 1.807) is 6.07 Å². The van der Waals surface area contributed by atoms with Gasteiger partial charge in [0.2, 0.25) is 0 Å². The summed E-state index contributed by atoms with van der Waals surface area (Å²) in [6.07, 6.45) is -4.80. The predicted molar refractivity (Wildman–Crippen MR) is 290 cm³/mol. The minimum absolute atomic E-state index is 0.114. The Bertz CT molecular complexity index is 3650. The Labute approximate surface area is 420 Å². The number of benzene rings is 9. The van der Waals surface area contributed by atoms with Crippen LogP contribution in [-0.4, -0.2) is 24.5 Å². The van der Waals surface area contributed by atoms with E-state index < -0.39 is 11.7 Å². The fraction of sp³-hybridized carbons (Fsp3) is 0.0462. The van der Waals surface area contributed by atoms with Crippen molar-refractivity contribution in [2.24, 2.45) is 0 Å². The van der Waals surface area contributed by atoms with Crippen molar-refractivity contribution in [2.75, 3.05) is 0 Å². The molecule has 0 saturated carbocycles. The zero-order valence-electron chi connectivity index (χ0n) is 39.8. The van der Waals surface area contributed by atoms with Gasteiger partial charge in [-0.05, 0) is 72.5 Å². The molecule has 3 aromatic heterocycles. The van der Waals surface area contributed by atoms with E-state index in [4.69, 9.17) is 19.9 Å². The first-order valence-electron chi connectivity index (χ1n) is 24.1. The largest absolute Gasteiger partial charge is 0.416 e. The molecular weight excluding hydrogens is 908 g/mol. The van der Waals surface area contributed by atoms with Crippen LogP contribution in [-0.2, 0) is 6.18 Å². The number of alkyl halides is 3. The molecular formula is C65H44F3N5. The Morgan fingerprint density at radius 2 is 0.712 bits per heavy atom. The molecule has 0 aliphatic heterocycles. The Kier molecular flexibility index (Phi) is 11.4.